The van der Waals surface area contributed by atoms with Gasteiger partial charge in [-0.15, -0.1) is 0 Å². The average molecular weight is 333 g/mol. The number of aromatic nitrogens is 3. The lowest BCUT2D eigenvalue weighted by Gasteiger charge is -2.21. The van der Waals surface area contributed by atoms with Gasteiger partial charge in [0.25, 0.3) is 0 Å². The molecule has 3 rings (SSSR count). The van der Waals surface area contributed by atoms with Crippen molar-refractivity contribution < 1.29 is 14.1 Å². The van der Waals surface area contributed by atoms with E-state index in [-0.39, 0.29) is 24.6 Å². The Morgan fingerprint density at radius 3 is 2.88 bits per heavy atom. The van der Waals surface area contributed by atoms with Gasteiger partial charge in [0, 0.05) is 25.4 Å². The normalized spacial score (nSPS) is 21.3. The molecule has 0 aliphatic carbocycles. The minimum Gasteiger partial charge on any atom is -0.380 e. The zero-order chi connectivity index (χ0) is 17.3. The highest BCUT2D eigenvalue weighted by Crippen LogP contribution is 2.32. The number of nitrogens with zero attached hydrogens (tertiary/aromatic N) is 3. The molecule has 1 fully saturated rings. The maximum absolute atomic E-state index is 12.3. The number of ether oxygens (including phenoxy) is 1. The standard InChI is InChI=1S/C16H23N5O3/c1-9-5-15(24-20-9)19-14(22)8-21-7-12(23-4)6-13(21)16-17-10(2)11(3)18-16/h5,12-13H,6-8H2,1-4H3,(H,17,18)(H,19,22)/t12-,13+/m1/s1. The van der Waals surface area contributed by atoms with Crippen LogP contribution in [0.2, 0.25) is 0 Å². The Labute approximate surface area is 140 Å². The van der Waals surface area contributed by atoms with Crippen LogP contribution in [0.25, 0.3) is 0 Å². The number of hydrogen-bond donors (Lipinski definition) is 2. The summed E-state index contributed by atoms with van der Waals surface area (Å²) in [6, 6.07) is 1.72. The maximum Gasteiger partial charge on any atom is 0.240 e. The van der Waals surface area contributed by atoms with Gasteiger partial charge in [0.05, 0.1) is 30.1 Å². The van der Waals surface area contributed by atoms with Gasteiger partial charge in [-0.2, -0.15) is 0 Å². The largest absolute Gasteiger partial charge is 0.380 e. The molecule has 2 N–H and O–H groups in total. The first-order chi connectivity index (χ1) is 11.5. The number of anilines is 1. The molecule has 8 heteroatoms. The second-order valence-electron chi connectivity index (χ2n) is 6.25. The third-order valence-corrected chi connectivity index (χ3v) is 4.40. The van der Waals surface area contributed by atoms with E-state index in [0.717, 1.165) is 29.3 Å². The molecule has 3 heterocycles. The molecular formula is C16H23N5O3. The van der Waals surface area contributed by atoms with E-state index < -0.39 is 0 Å². The van der Waals surface area contributed by atoms with Crippen molar-refractivity contribution in [2.24, 2.45) is 0 Å². The summed E-state index contributed by atoms with van der Waals surface area (Å²) < 4.78 is 10.5. The number of methoxy groups -OCH3 is 1. The number of aryl methyl sites for hydroxylation is 3. The van der Waals surface area contributed by atoms with Gasteiger partial charge in [0.1, 0.15) is 5.82 Å². The molecule has 2 aromatic rings. The molecular weight excluding hydrogens is 310 g/mol. The number of carbonyl (C=O) groups excluding carboxylic acids is 1. The lowest BCUT2D eigenvalue weighted by Crippen LogP contribution is -2.34. The van der Waals surface area contributed by atoms with E-state index in [0.29, 0.717) is 12.4 Å². The van der Waals surface area contributed by atoms with Crippen LogP contribution >= 0.6 is 0 Å². The highest BCUT2D eigenvalue weighted by molar-refractivity contribution is 5.91. The molecule has 2 atom stereocenters. The summed E-state index contributed by atoms with van der Waals surface area (Å²) in [6.45, 7) is 6.70. The molecule has 1 saturated heterocycles. The van der Waals surface area contributed by atoms with Crippen molar-refractivity contribution in [3.63, 3.8) is 0 Å². The Morgan fingerprint density at radius 2 is 2.29 bits per heavy atom. The number of rotatable bonds is 5. The second kappa shape index (κ2) is 6.74. The molecule has 2 aromatic heterocycles. The predicted octanol–water partition coefficient (Wildman–Crippen LogP) is 1.72. The lowest BCUT2D eigenvalue weighted by atomic mass is 10.2. The van der Waals surface area contributed by atoms with Gasteiger partial charge in [-0.05, 0) is 27.2 Å². The van der Waals surface area contributed by atoms with Crippen molar-refractivity contribution in [1.29, 1.82) is 0 Å². The zero-order valence-corrected chi connectivity index (χ0v) is 14.4. The molecule has 1 aliphatic rings. The molecule has 1 amide bonds. The minimum atomic E-state index is -0.145. The van der Waals surface area contributed by atoms with Crippen molar-refractivity contribution in [3.8, 4) is 0 Å². The van der Waals surface area contributed by atoms with Crippen LogP contribution in [-0.4, -0.2) is 52.2 Å². The molecule has 0 unspecified atom stereocenters. The second-order valence-corrected chi connectivity index (χ2v) is 6.25. The molecule has 0 bridgehead atoms. The van der Waals surface area contributed by atoms with Crippen LogP contribution in [0, 0.1) is 20.8 Å². The Kier molecular flexibility index (Phi) is 4.68. The third-order valence-electron chi connectivity index (χ3n) is 4.40. The van der Waals surface area contributed by atoms with Crippen LogP contribution in [0.4, 0.5) is 5.88 Å². The van der Waals surface area contributed by atoms with Crippen molar-refractivity contribution in [3.05, 3.63) is 29.0 Å². The summed E-state index contributed by atoms with van der Waals surface area (Å²) in [5, 5.41) is 6.49. The quantitative estimate of drug-likeness (QED) is 0.865. The van der Waals surface area contributed by atoms with E-state index in [4.69, 9.17) is 9.26 Å². The van der Waals surface area contributed by atoms with E-state index in [1.54, 1.807) is 20.1 Å². The summed E-state index contributed by atoms with van der Waals surface area (Å²) in [5.74, 6) is 1.10. The van der Waals surface area contributed by atoms with Crippen LogP contribution in [0.3, 0.4) is 0 Å². The molecule has 8 nitrogen and oxygen atoms in total. The molecule has 0 aromatic carbocycles. The monoisotopic (exact) mass is 333 g/mol. The van der Waals surface area contributed by atoms with E-state index >= 15 is 0 Å². The summed E-state index contributed by atoms with van der Waals surface area (Å²) >= 11 is 0. The lowest BCUT2D eigenvalue weighted by molar-refractivity contribution is -0.117. The SMILES string of the molecule is CO[C@@H]1C[C@@H](c2nc(C)c(C)[nH]2)N(CC(=O)Nc2cc(C)no2)C1. The van der Waals surface area contributed by atoms with Crippen LogP contribution in [0.5, 0.6) is 0 Å². The number of carbonyl (C=O) groups is 1. The van der Waals surface area contributed by atoms with E-state index in [9.17, 15) is 4.79 Å². The van der Waals surface area contributed by atoms with Crippen LogP contribution in [0.1, 0.15) is 35.4 Å². The van der Waals surface area contributed by atoms with Crippen molar-refractivity contribution in [2.45, 2.75) is 39.3 Å². The molecule has 1 aliphatic heterocycles. The summed E-state index contributed by atoms with van der Waals surface area (Å²) in [6.07, 6.45) is 0.887. The predicted molar refractivity (Wildman–Crippen MR) is 87.7 cm³/mol. The Bertz CT molecular complexity index is 704. The summed E-state index contributed by atoms with van der Waals surface area (Å²) in [4.78, 5) is 22.3. The molecule has 130 valence electrons. The molecule has 0 radical (unpaired) electrons. The number of H-pyrrole nitrogens is 1. The van der Waals surface area contributed by atoms with Crippen molar-refractivity contribution in [2.75, 3.05) is 25.5 Å². The molecule has 0 saturated carbocycles. The van der Waals surface area contributed by atoms with Gasteiger partial charge in [-0.1, -0.05) is 5.16 Å². The average Bonchev–Trinajstić information content (AvgIpc) is 3.20. The maximum atomic E-state index is 12.3. The Morgan fingerprint density at radius 1 is 1.50 bits per heavy atom. The van der Waals surface area contributed by atoms with Gasteiger partial charge in [-0.3, -0.25) is 15.0 Å². The third kappa shape index (κ3) is 3.49. The first-order valence-corrected chi connectivity index (χ1v) is 7.99. The first kappa shape index (κ1) is 16.7. The topological polar surface area (TPSA) is 96.3 Å². The first-order valence-electron chi connectivity index (χ1n) is 7.99. The van der Waals surface area contributed by atoms with Crippen molar-refractivity contribution >= 4 is 11.8 Å². The summed E-state index contributed by atoms with van der Waals surface area (Å²) in [7, 11) is 1.70. The smallest absolute Gasteiger partial charge is 0.240 e. The minimum absolute atomic E-state index is 0.0320. The van der Waals surface area contributed by atoms with E-state index in [1.807, 2.05) is 13.8 Å². The van der Waals surface area contributed by atoms with E-state index in [2.05, 4.69) is 25.3 Å². The van der Waals surface area contributed by atoms with E-state index in [1.165, 1.54) is 0 Å². The number of nitrogens with one attached hydrogen (secondary N) is 2. The van der Waals surface area contributed by atoms with Gasteiger partial charge in [0.15, 0.2) is 0 Å². The van der Waals surface area contributed by atoms with Crippen LogP contribution < -0.4 is 5.32 Å². The van der Waals surface area contributed by atoms with Gasteiger partial charge in [-0.25, -0.2) is 4.98 Å². The Hall–Kier alpha value is -2.19. The fraction of sp³-hybridized carbons (Fsp3) is 0.562. The number of amides is 1. The van der Waals surface area contributed by atoms with Crippen LogP contribution in [-0.2, 0) is 9.53 Å². The number of hydrogen-bond acceptors (Lipinski definition) is 6. The number of imidazole rings is 1. The highest BCUT2D eigenvalue weighted by Gasteiger charge is 2.36. The Balaban J connectivity index is 1.70. The fourth-order valence-corrected chi connectivity index (χ4v) is 3.01. The number of aromatic amines is 1. The van der Waals surface area contributed by atoms with Gasteiger partial charge < -0.3 is 14.2 Å². The molecule has 0 spiro atoms. The molecule has 24 heavy (non-hydrogen) atoms. The van der Waals surface area contributed by atoms with Gasteiger partial charge >= 0.3 is 0 Å². The van der Waals surface area contributed by atoms with Crippen LogP contribution in [0.15, 0.2) is 10.6 Å². The summed E-state index contributed by atoms with van der Waals surface area (Å²) in [5.41, 5.74) is 2.75. The van der Waals surface area contributed by atoms with Crippen molar-refractivity contribution in [1.82, 2.24) is 20.0 Å². The fourth-order valence-electron chi connectivity index (χ4n) is 3.01. The van der Waals surface area contributed by atoms with Gasteiger partial charge in [0.2, 0.25) is 11.8 Å². The highest BCUT2D eigenvalue weighted by atomic mass is 16.5. The zero-order valence-electron chi connectivity index (χ0n) is 14.4. The number of likely N-dealkylation sites (tertiary alicyclic amines) is 1.